The Hall–Kier alpha value is -3.56. The van der Waals surface area contributed by atoms with Crippen molar-refractivity contribution in [3.8, 4) is 16.3 Å². The fourth-order valence-electron chi connectivity index (χ4n) is 3.03. The number of nitrogens with one attached hydrogen (secondary N) is 1. The van der Waals surface area contributed by atoms with E-state index in [1.54, 1.807) is 35.6 Å². The van der Waals surface area contributed by atoms with Gasteiger partial charge >= 0.3 is 0 Å². The van der Waals surface area contributed by atoms with E-state index in [1.807, 2.05) is 52.7 Å². The average molecular weight is 448 g/mol. The molecular formula is C22H17N5O2S2. The minimum absolute atomic E-state index is 0.240. The molecule has 0 aliphatic heterocycles. The number of carbonyl (C=O) groups excluding carboxylic acids is 1. The van der Waals surface area contributed by atoms with Crippen molar-refractivity contribution >= 4 is 39.4 Å². The van der Waals surface area contributed by atoms with Crippen molar-refractivity contribution in [1.29, 1.82) is 0 Å². The third kappa shape index (κ3) is 4.32. The number of hydrogen-bond donors (Lipinski definition) is 1. The van der Waals surface area contributed by atoms with Crippen LogP contribution in [-0.2, 0) is 6.61 Å². The van der Waals surface area contributed by atoms with Gasteiger partial charge in [0.05, 0.1) is 5.69 Å². The number of nitrogens with zero attached hydrogens (tertiary/aromatic N) is 4. The van der Waals surface area contributed by atoms with Crippen molar-refractivity contribution in [1.82, 2.24) is 19.6 Å². The van der Waals surface area contributed by atoms with Crippen LogP contribution in [0.25, 0.3) is 16.2 Å². The van der Waals surface area contributed by atoms with Crippen LogP contribution in [-0.4, -0.2) is 25.5 Å². The number of ether oxygens (including phenoxy) is 1. The maximum Gasteiger partial charge on any atom is 0.257 e. The van der Waals surface area contributed by atoms with Gasteiger partial charge in [0.15, 0.2) is 0 Å². The molecule has 9 heteroatoms. The lowest BCUT2D eigenvalue weighted by Crippen LogP contribution is -2.11. The van der Waals surface area contributed by atoms with Gasteiger partial charge in [-0.3, -0.25) is 10.1 Å². The van der Waals surface area contributed by atoms with Crippen LogP contribution in [0.5, 0.6) is 5.75 Å². The van der Waals surface area contributed by atoms with Gasteiger partial charge in [0.25, 0.3) is 5.91 Å². The van der Waals surface area contributed by atoms with E-state index in [0.717, 1.165) is 21.9 Å². The molecule has 5 aromatic rings. The first-order valence-corrected chi connectivity index (χ1v) is 11.2. The molecule has 31 heavy (non-hydrogen) atoms. The number of pyridine rings is 1. The average Bonchev–Trinajstić information content (AvgIpc) is 3.52. The van der Waals surface area contributed by atoms with Crippen LogP contribution >= 0.6 is 22.7 Å². The summed E-state index contributed by atoms with van der Waals surface area (Å²) < 4.78 is 7.81. The molecule has 1 N–H and O–H groups in total. The lowest BCUT2D eigenvalue weighted by Gasteiger charge is -2.05. The molecule has 0 radical (unpaired) electrons. The Labute approximate surface area is 186 Å². The van der Waals surface area contributed by atoms with E-state index in [0.29, 0.717) is 23.1 Å². The van der Waals surface area contributed by atoms with Crippen LogP contribution in [0, 0.1) is 6.92 Å². The second-order valence-electron chi connectivity index (χ2n) is 6.90. The highest BCUT2D eigenvalue weighted by atomic mass is 32.1. The number of imidazole rings is 1. The summed E-state index contributed by atoms with van der Waals surface area (Å²) in [6.07, 6.45) is 3.98. The number of aryl methyl sites for hydroxylation is 1. The molecule has 154 valence electrons. The third-order valence-electron chi connectivity index (χ3n) is 4.57. The van der Waals surface area contributed by atoms with Gasteiger partial charge in [-0.05, 0) is 54.3 Å². The highest BCUT2D eigenvalue weighted by molar-refractivity contribution is 7.19. The number of thiophene rings is 1. The number of benzene rings is 1. The molecule has 0 saturated carbocycles. The number of aromatic nitrogens is 4. The topological polar surface area (TPSA) is 81.4 Å². The van der Waals surface area contributed by atoms with Gasteiger partial charge < -0.3 is 9.14 Å². The van der Waals surface area contributed by atoms with Crippen molar-refractivity contribution < 1.29 is 9.53 Å². The molecule has 0 saturated heterocycles. The molecule has 0 aliphatic carbocycles. The summed E-state index contributed by atoms with van der Waals surface area (Å²) in [6.45, 7) is 2.39. The molecule has 0 atom stereocenters. The summed E-state index contributed by atoms with van der Waals surface area (Å²) in [5, 5.41) is 16.2. The quantitative estimate of drug-likeness (QED) is 0.394. The van der Waals surface area contributed by atoms with Crippen LogP contribution in [0.3, 0.4) is 0 Å². The number of carbonyl (C=O) groups is 1. The van der Waals surface area contributed by atoms with Gasteiger partial charge in [-0.1, -0.05) is 17.4 Å². The zero-order valence-corrected chi connectivity index (χ0v) is 18.1. The Kier molecular flexibility index (Phi) is 5.19. The number of fused-ring (bicyclic) bond motifs is 1. The van der Waals surface area contributed by atoms with Crippen LogP contribution < -0.4 is 10.1 Å². The first-order chi connectivity index (χ1) is 15.1. The largest absolute Gasteiger partial charge is 0.487 e. The van der Waals surface area contributed by atoms with E-state index in [4.69, 9.17) is 4.74 Å². The maximum atomic E-state index is 12.5. The Morgan fingerprint density at radius 3 is 2.77 bits per heavy atom. The van der Waals surface area contributed by atoms with Crippen molar-refractivity contribution in [3.63, 3.8) is 0 Å². The van der Waals surface area contributed by atoms with Crippen LogP contribution in [0.1, 0.15) is 21.6 Å². The first-order valence-electron chi connectivity index (χ1n) is 9.48. The van der Waals surface area contributed by atoms with Crippen LogP contribution in [0.4, 0.5) is 5.13 Å². The third-order valence-corrected chi connectivity index (χ3v) is 6.14. The molecule has 0 unspecified atom stereocenters. The maximum absolute atomic E-state index is 12.5. The second kappa shape index (κ2) is 8.29. The summed E-state index contributed by atoms with van der Waals surface area (Å²) in [5.41, 5.74) is 4.41. The van der Waals surface area contributed by atoms with Crippen molar-refractivity contribution in [2.75, 3.05) is 5.32 Å². The monoisotopic (exact) mass is 447 g/mol. The predicted molar refractivity (Wildman–Crippen MR) is 122 cm³/mol. The minimum atomic E-state index is -0.240. The van der Waals surface area contributed by atoms with E-state index in [1.165, 1.54) is 16.9 Å². The standard InChI is InChI=1S/C22H17N5O2S2/c1-14-2-7-19-23-17(11-27(19)10-14)12-29-18-5-3-15(4-6-18)20(28)24-22-26-25-21(31-22)16-8-9-30-13-16/h2-11,13H,12H2,1H3,(H,24,26,28). The molecule has 1 amide bonds. The van der Waals surface area contributed by atoms with Crippen molar-refractivity contribution in [2.24, 2.45) is 0 Å². The smallest absolute Gasteiger partial charge is 0.257 e. The van der Waals surface area contributed by atoms with Gasteiger partial charge in [-0.25, -0.2) is 4.98 Å². The van der Waals surface area contributed by atoms with E-state index in [2.05, 4.69) is 20.5 Å². The van der Waals surface area contributed by atoms with E-state index >= 15 is 0 Å². The highest BCUT2D eigenvalue weighted by Gasteiger charge is 2.12. The number of hydrogen-bond acceptors (Lipinski definition) is 7. The zero-order valence-electron chi connectivity index (χ0n) is 16.5. The Morgan fingerprint density at radius 2 is 1.97 bits per heavy atom. The first kappa shape index (κ1) is 19.4. The fraction of sp³-hybridized carbons (Fsp3) is 0.0909. The van der Waals surface area contributed by atoms with Gasteiger partial charge in [0.1, 0.15) is 23.0 Å². The molecule has 0 bridgehead atoms. The SMILES string of the molecule is Cc1ccc2nc(COc3ccc(C(=O)Nc4nnc(-c5ccsc5)s4)cc3)cn2c1. The van der Waals surface area contributed by atoms with Crippen LogP contribution in [0.2, 0.25) is 0 Å². The number of amides is 1. The molecule has 4 heterocycles. The second-order valence-corrected chi connectivity index (χ2v) is 8.65. The van der Waals surface area contributed by atoms with Crippen LogP contribution in [0.15, 0.2) is 65.6 Å². The Bertz CT molecular complexity index is 1340. The molecule has 0 fully saturated rings. The summed E-state index contributed by atoms with van der Waals surface area (Å²) in [4.78, 5) is 17.0. The molecule has 1 aromatic carbocycles. The lowest BCUT2D eigenvalue weighted by atomic mass is 10.2. The zero-order chi connectivity index (χ0) is 21.2. The van der Waals surface area contributed by atoms with Crippen molar-refractivity contribution in [3.05, 3.63) is 82.4 Å². The van der Waals surface area contributed by atoms with E-state index in [9.17, 15) is 4.79 Å². The molecule has 4 aromatic heterocycles. The lowest BCUT2D eigenvalue weighted by molar-refractivity contribution is 0.102. The number of anilines is 1. The van der Waals surface area contributed by atoms with Crippen molar-refractivity contribution in [2.45, 2.75) is 13.5 Å². The summed E-state index contributed by atoms with van der Waals surface area (Å²) in [5.74, 6) is 0.427. The Balaban J connectivity index is 1.20. The van der Waals surface area contributed by atoms with E-state index in [-0.39, 0.29) is 5.91 Å². The molecule has 0 aliphatic rings. The normalized spacial score (nSPS) is 11.0. The summed E-state index contributed by atoms with van der Waals surface area (Å²) in [7, 11) is 0. The van der Waals surface area contributed by atoms with E-state index < -0.39 is 0 Å². The van der Waals surface area contributed by atoms with Gasteiger partial charge in [0.2, 0.25) is 5.13 Å². The predicted octanol–water partition coefficient (Wildman–Crippen LogP) is 5.05. The molecule has 0 spiro atoms. The molecule has 7 nitrogen and oxygen atoms in total. The van der Waals surface area contributed by atoms with Gasteiger partial charge in [-0.15, -0.1) is 10.2 Å². The highest BCUT2D eigenvalue weighted by Crippen LogP contribution is 2.28. The Morgan fingerprint density at radius 1 is 1.10 bits per heavy atom. The number of rotatable bonds is 6. The van der Waals surface area contributed by atoms with Gasteiger partial charge in [0, 0.05) is 28.9 Å². The molecular weight excluding hydrogens is 430 g/mol. The summed E-state index contributed by atoms with van der Waals surface area (Å²) >= 11 is 2.94. The minimum Gasteiger partial charge on any atom is -0.487 e. The summed E-state index contributed by atoms with van der Waals surface area (Å²) in [6, 6.07) is 13.0. The fourth-order valence-corrected chi connectivity index (χ4v) is 4.48. The van der Waals surface area contributed by atoms with Gasteiger partial charge in [-0.2, -0.15) is 11.3 Å². The molecule has 5 rings (SSSR count).